The third-order valence-electron chi connectivity index (χ3n) is 3.38. The van der Waals surface area contributed by atoms with Gasteiger partial charge in [0.2, 0.25) is 0 Å². The maximum atomic E-state index is 12.2. The summed E-state index contributed by atoms with van der Waals surface area (Å²) >= 11 is 0. The summed E-state index contributed by atoms with van der Waals surface area (Å²) in [5, 5.41) is 4.31. The average molecular weight is 271 g/mol. The number of para-hydroxylation sites is 1. The molecule has 3 aromatic rings. The maximum Gasteiger partial charge on any atom is 0.255 e. The first-order valence-electron chi connectivity index (χ1n) is 5.86. The molecule has 0 amide bonds. The van der Waals surface area contributed by atoms with Crippen molar-refractivity contribution in [2.45, 2.75) is 0 Å². The van der Waals surface area contributed by atoms with E-state index >= 15 is 0 Å². The molecule has 94 valence electrons. The molecule has 0 aliphatic carbocycles. The highest BCUT2D eigenvalue weighted by atomic mass is 35.5. The second-order valence-electron chi connectivity index (χ2n) is 4.37. The second kappa shape index (κ2) is 4.14. The third kappa shape index (κ3) is 1.48. The standard InChI is InChI=1S/C15H10N2O.ClH/c18-14-7-3-5-12-15-11(8-9-16-12)10-4-1-2-6-13(10)17(14)15;/h1-9,16H;1H. The van der Waals surface area contributed by atoms with E-state index in [0.29, 0.717) is 0 Å². The van der Waals surface area contributed by atoms with E-state index in [9.17, 15) is 4.79 Å². The number of nitrogens with one attached hydrogen (secondary N) is 1. The van der Waals surface area contributed by atoms with Crippen molar-refractivity contribution < 1.29 is 0 Å². The number of aromatic nitrogens is 1. The van der Waals surface area contributed by atoms with Crippen LogP contribution in [-0.4, -0.2) is 4.40 Å². The van der Waals surface area contributed by atoms with E-state index in [4.69, 9.17) is 0 Å². The highest BCUT2D eigenvalue weighted by Gasteiger charge is 2.15. The van der Waals surface area contributed by atoms with Crippen LogP contribution in [-0.2, 0) is 0 Å². The molecule has 3 nitrogen and oxygen atoms in total. The molecule has 19 heavy (non-hydrogen) atoms. The lowest BCUT2D eigenvalue weighted by molar-refractivity contribution is 1.19. The summed E-state index contributed by atoms with van der Waals surface area (Å²) in [7, 11) is 0. The van der Waals surface area contributed by atoms with Crippen LogP contribution < -0.4 is 10.9 Å². The Morgan fingerprint density at radius 1 is 1.00 bits per heavy atom. The molecule has 0 unspecified atom stereocenters. The van der Waals surface area contributed by atoms with Crippen LogP contribution in [0.3, 0.4) is 0 Å². The van der Waals surface area contributed by atoms with Crippen molar-refractivity contribution in [3.05, 3.63) is 64.6 Å². The molecule has 1 aromatic carbocycles. The summed E-state index contributed by atoms with van der Waals surface area (Å²) in [6.45, 7) is 0. The van der Waals surface area contributed by atoms with Gasteiger partial charge in [0.05, 0.1) is 16.7 Å². The first-order chi connectivity index (χ1) is 8.86. The first kappa shape index (κ1) is 11.8. The summed E-state index contributed by atoms with van der Waals surface area (Å²) in [6.07, 6.45) is 3.93. The maximum absolute atomic E-state index is 12.2. The van der Waals surface area contributed by atoms with Gasteiger partial charge in [-0.25, -0.2) is 0 Å². The van der Waals surface area contributed by atoms with Gasteiger partial charge in [0.25, 0.3) is 5.56 Å². The Hall–Kier alpha value is -2.26. The van der Waals surface area contributed by atoms with E-state index in [-0.39, 0.29) is 18.0 Å². The molecule has 0 bridgehead atoms. The number of rotatable bonds is 0. The third-order valence-corrected chi connectivity index (χ3v) is 3.38. The average Bonchev–Trinajstić information content (AvgIpc) is 2.64. The van der Waals surface area contributed by atoms with Gasteiger partial charge in [-0.3, -0.25) is 9.20 Å². The lowest BCUT2D eigenvalue weighted by Crippen LogP contribution is -2.08. The smallest absolute Gasteiger partial charge is 0.255 e. The van der Waals surface area contributed by atoms with E-state index in [0.717, 1.165) is 27.7 Å². The monoisotopic (exact) mass is 270 g/mol. The van der Waals surface area contributed by atoms with E-state index in [1.807, 2.05) is 36.5 Å². The largest absolute Gasteiger partial charge is 0.360 e. The molecular weight excluding hydrogens is 260 g/mol. The van der Waals surface area contributed by atoms with Crippen LogP contribution in [0.2, 0.25) is 0 Å². The van der Waals surface area contributed by atoms with Crippen molar-refractivity contribution in [1.82, 2.24) is 4.40 Å². The molecule has 0 fully saturated rings. The molecule has 0 saturated carbocycles. The number of anilines is 1. The van der Waals surface area contributed by atoms with Crippen LogP contribution in [0, 0.1) is 0 Å². The van der Waals surface area contributed by atoms with Crippen molar-refractivity contribution in [1.29, 1.82) is 0 Å². The molecule has 1 aliphatic heterocycles. The molecule has 0 saturated heterocycles. The molecular formula is C15H11ClN2O. The quantitative estimate of drug-likeness (QED) is 0.680. The SMILES string of the molecule is Cl.O=c1cccc2c3c(c4ccccc4n13)C=CN2. The van der Waals surface area contributed by atoms with Gasteiger partial charge in [-0.15, -0.1) is 12.4 Å². The predicted octanol–water partition coefficient (Wildman–Crippen LogP) is 3.27. The molecule has 0 spiro atoms. The number of nitrogens with zero attached hydrogens (tertiary/aromatic N) is 1. The predicted molar refractivity (Wildman–Crippen MR) is 81.1 cm³/mol. The zero-order valence-electron chi connectivity index (χ0n) is 9.96. The van der Waals surface area contributed by atoms with Gasteiger partial charge in [-0.1, -0.05) is 24.3 Å². The van der Waals surface area contributed by atoms with Crippen molar-refractivity contribution in [2.24, 2.45) is 0 Å². The Balaban J connectivity index is 0.00000110. The first-order valence-corrected chi connectivity index (χ1v) is 5.86. The van der Waals surface area contributed by atoms with Crippen LogP contribution in [0.25, 0.3) is 22.5 Å². The fraction of sp³-hybridized carbons (Fsp3) is 0. The molecule has 2 aromatic heterocycles. The van der Waals surface area contributed by atoms with Gasteiger partial charge in [-0.05, 0) is 18.2 Å². The minimum Gasteiger partial charge on any atom is -0.360 e. The van der Waals surface area contributed by atoms with E-state index in [1.54, 1.807) is 16.5 Å². The fourth-order valence-electron chi connectivity index (χ4n) is 2.64. The molecule has 0 radical (unpaired) electrons. The normalized spacial score (nSPS) is 12.2. The Morgan fingerprint density at radius 3 is 2.74 bits per heavy atom. The topological polar surface area (TPSA) is 33.5 Å². The van der Waals surface area contributed by atoms with Gasteiger partial charge in [0.15, 0.2) is 0 Å². The lowest BCUT2D eigenvalue weighted by atomic mass is 10.1. The number of benzene rings is 1. The van der Waals surface area contributed by atoms with Gasteiger partial charge >= 0.3 is 0 Å². The summed E-state index contributed by atoms with van der Waals surface area (Å²) < 4.78 is 1.77. The van der Waals surface area contributed by atoms with Crippen molar-refractivity contribution in [3.63, 3.8) is 0 Å². The Morgan fingerprint density at radius 2 is 1.84 bits per heavy atom. The van der Waals surface area contributed by atoms with Gasteiger partial charge in [-0.2, -0.15) is 0 Å². The highest BCUT2D eigenvalue weighted by Crippen LogP contribution is 2.32. The summed E-state index contributed by atoms with van der Waals surface area (Å²) in [5.41, 5.74) is 3.97. The van der Waals surface area contributed by atoms with Gasteiger partial charge in [0.1, 0.15) is 0 Å². The summed E-state index contributed by atoms with van der Waals surface area (Å²) in [5.74, 6) is 0. The lowest BCUT2D eigenvalue weighted by Gasteiger charge is -2.06. The molecule has 1 aliphatic rings. The molecule has 1 N–H and O–H groups in total. The second-order valence-corrected chi connectivity index (χ2v) is 4.37. The molecule has 4 rings (SSSR count). The highest BCUT2D eigenvalue weighted by molar-refractivity contribution is 6.03. The van der Waals surface area contributed by atoms with Crippen LogP contribution >= 0.6 is 12.4 Å². The van der Waals surface area contributed by atoms with E-state index in [2.05, 4.69) is 11.4 Å². The van der Waals surface area contributed by atoms with E-state index < -0.39 is 0 Å². The number of fused-ring (bicyclic) bond motifs is 3. The fourth-order valence-corrected chi connectivity index (χ4v) is 2.64. The van der Waals surface area contributed by atoms with Crippen LogP contribution in [0.5, 0.6) is 0 Å². The zero-order chi connectivity index (χ0) is 12.1. The van der Waals surface area contributed by atoms with Gasteiger partial charge in [0, 0.05) is 23.2 Å². The van der Waals surface area contributed by atoms with Crippen LogP contribution in [0.15, 0.2) is 53.5 Å². The van der Waals surface area contributed by atoms with Crippen molar-refractivity contribution in [2.75, 3.05) is 5.32 Å². The van der Waals surface area contributed by atoms with Crippen LogP contribution in [0.4, 0.5) is 5.69 Å². The summed E-state index contributed by atoms with van der Waals surface area (Å²) in [4.78, 5) is 12.2. The van der Waals surface area contributed by atoms with Crippen molar-refractivity contribution >= 4 is 40.6 Å². The van der Waals surface area contributed by atoms with Crippen LogP contribution in [0.1, 0.15) is 5.56 Å². The van der Waals surface area contributed by atoms with Crippen molar-refractivity contribution in [3.8, 4) is 0 Å². The Kier molecular flexibility index (Phi) is 2.57. The minimum atomic E-state index is -0.00389. The molecule has 4 heteroatoms. The minimum absolute atomic E-state index is 0. The number of hydrogen-bond acceptors (Lipinski definition) is 2. The summed E-state index contributed by atoms with van der Waals surface area (Å²) in [6, 6.07) is 13.3. The van der Waals surface area contributed by atoms with E-state index in [1.165, 1.54) is 0 Å². The Labute approximate surface area is 115 Å². The zero-order valence-corrected chi connectivity index (χ0v) is 10.8. The molecule has 0 atom stereocenters. The number of hydrogen-bond donors (Lipinski definition) is 1. The number of halogens is 1. The molecule has 3 heterocycles. The Bertz CT molecular complexity index is 880. The van der Waals surface area contributed by atoms with Gasteiger partial charge < -0.3 is 5.32 Å².